The molecule has 0 aliphatic carbocycles. The lowest BCUT2D eigenvalue weighted by atomic mass is 10.3. The number of halogens is 2. The predicted octanol–water partition coefficient (Wildman–Crippen LogP) is 2.94. The molecule has 6 nitrogen and oxygen atoms in total. The fourth-order valence-corrected chi connectivity index (χ4v) is 1.70. The van der Waals surface area contributed by atoms with Crippen molar-refractivity contribution in [3.8, 4) is 11.8 Å². The average molecular weight is 301 g/mol. The highest BCUT2D eigenvalue weighted by Crippen LogP contribution is 2.29. The predicted molar refractivity (Wildman–Crippen MR) is 72.7 cm³/mol. The highest BCUT2D eigenvalue weighted by molar-refractivity contribution is 6.31. The van der Waals surface area contributed by atoms with E-state index in [1.807, 2.05) is 0 Å². The van der Waals surface area contributed by atoms with Gasteiger partial charge in [-0.1, -0.05) is 11.6 Å². The van der Waals surface area contributed by atoms with E-state index in [0.717, 1.165) is 0 Å². The number of nitrogens with one attached hydrogen (secondary N) is 1. The second kappa shape index (κ2) is 5.90. The molecule has 0 amide bonds. The summed E-state index contributed by atoms with van der Waals surface area (Å²) in [6.07, 6.45) is 0. The lowest BCUT2D eigenvalue weighted by Gasteiger charge is -2.10. The molecule has 2 aromatic rings. The molecule has 0 aliphatic heterocycles. The van der Waals surface area contributed by atoms with E-state index in [9.17, 15) is 0 Å². The molecule has 1 heterocycles. The zero-order valence-corrected chi connectivity index (χ0v) is 11.7. The van der Waals surface area contributed by atoms with E-state index in [4.69, 9.17) is 32.7 Å². The van der Waals surface area contributed by atoms with Crippen molar-refractivity contribution in [2.45, 2.75) is 0 Å². The van der Waals surface area contributed by atoms with Crippen LogP contribution in [-0.2, 0) is 0 Å². The van der Waals surface area contributed by atoms with Crippen LogP contribution in [0.1, 0.15) is 0 Å². The molecule has 0 aliphatic rings. The van der Waals surface area contributed by atoms with Crippen molar-refractivity contribution >= 4 is 34.8 Å². The molecule has 100 valence electrons. The average Bonchev–Trinajstić information content (AvgIpc) is 2.38. The second-order valence-electron chi connectivity index (χ2n) is 3.38. The van der Waals surface area contributed by atoms with Gasteiger partial charge < -0.3 is 14.8 Å². The lowest BCUT2D eigenvalue weighted by molar-refractivity contribution is 0.379. The number of methoxy groups -OCH3 is 2. The lowest BCUT2D eigenvalue weighted by Crippen LogP contribution is -2.02. The first kappa shape index (κ1) is 13.6. The summed E-state index contributed by atoms with van der Waals surface area (Å²) in [7, 11) is 2.99. The molecule has 1 aromatic heterocycles. The Bertz CT molecular complexity index is 595. The van der Waals surface area contributed by atoms with Gasteiger partial charge in [0.1, 0.15) is 5.75 Å². The molecule has 19 heavy (non-hydrogen) atoms. The summed E-state index contributed by atoms with van der Waals surface area (Å²) < 4.78 is 10.1. The molecule has 2 rings (SSSR count). The van der Waals surface area contributed by atoms with Crippen LogP contribution in [0.25, 0.3) is 0 Å². The molecular weight excluding hydrogens is 291 g/mol. The SMILES string of the molecule is COc1nc(Cl)nc(Nc2cc(Cl)ccc2OC)n1. The van der Waals surface area contributed by atoms with Crippen molar-refractivity contribution in [1.82, 2.24) is 15.0 Å². The fourth-order valence-electron chi connectivity index (χ4n) is 1.38. The van der Waals surface area contributed by atoms with E-state index in [0.29, 0.717) is 16.5 Å². The third-order valence-electron chi connectivity index (χ3n) is 2.18. The van der Waals surface area contributed by atoms with Gasteiger partial charge in [0.15, 0.2) is 0 Å². The van der Waals surface area contributed by atoms with Gasteiger partial charge in [-0.25, -0.2) is 0 Å². The van der Waals surface area contributed by atoms with Gasteiger partial charge >= 0.3 is 6.01 Å². The van der Waals surface area contributed by atoms with Gasteiger partial charge in [0.2, 0.25) is 11.2 Å². The van der Waals surface area contributed by atoms with Crippen molar-refractivity contribution in [3.63, 3.8) is 0 Å². The molecule has 0 atom stereocenters. The Morgan fingerprint density at radius 2 is 1.84 bits per heavy atom. The van der Waals surface area contributed by atoms with Gasteiger partial charge in [0.25, 0.3) is 0 Å². The number of benzene rings is 1. The first-order chi connectivity index (χ1) is 9.12. The number of hydrogen-bond donors (Lipinski definition) is 1. The summed E-state index contributed by atoms with van der Waals surface area (Å²) in [5, 5.41) is 3.52. The van der Waals surface area contributed by atoms with Gasteiger partial charge in [-0.3, -0.25) is 0 Å². The highest BCUT2D eigenvalue weighted by atomic mass is 35.5. The minimum atomic E-state index is 0.0235. The quantitative estimate of drug-likeness (QED) is 0.936. The summed E-state index contributed by atoms with van der Waals surface area (Å²) in [4.78, 5) is 11.7. The zero-order valence-electron chi connectivity index (χ0n) is 10.1. The molecule has 0 fully saturated rings. The molecular formula is C11H10Cl2N4O2. The summed E-state index contributed by atoms with van der Waals surface area (Å²) in [5.74, 6) is 0.831. The molecule has 0 saturated heterocycles. The van der Waals surface area contributed by atoms with Crippen LogP contribution in [0.2, 0.25) is 10.3 Å². The van der Waals surface area contributed by atoms with Gasteiger partial charge in [-0.2, -0.15) is 15.0 Å². The second-order valence-corrected chi connectivity index (χ2v) is 4.16. The fraction of sp³-hybridized carbons (Fsp3) is 0.182. The highest BCUT2D eigenvalue weighted by Gasteiger charge is 2.09. The maximum absolute atomic E-state index is 5.93. The topological polar surface area (TPSA) is 69.2 Å². The first-order valence-electron chi connectivity index (χ1n) is 5.18. The van der Waals surface area contributed by atoms with E-state index in [1.54, 1.807) is 25.3 Å². The molecule has 8 heteroatoms. The largest absolute Gasteiger partial charge is 0.495 e. The van der Waals surface area contributed by atoms with Crippen molar-refractivity contribution < 1.29 is 9.47 Å². The smallest absolute Gasteiger partial charge is 0.322 e. The molecule has 0 saturated carbocycles. The Labute approximate surface area is 119 Å². The number of rotatable bonds is 4. The monoisotopic (exact) mass is 300 g/mol. The Hall–Kier alpha value is -1.79. The molecule has 0 unspecified atom stereocenters. The van der Waals surface area contributed by atoms with Crippen LogP contribution in [0, 0.1) is 0 Å². The Morgan fingerprint density at radius 1 is 1.05 bits per heavy atom. The summed E-state index contributed by atoms with van der Waals surface area (Å²) in [6.45, 7) is 0. The summed E-state index contributed by atoms with van der Waals surface area (Å²) in [5.41, 5.74) is 0.610. The molecule has 0 radical (unpaired) electrons. The van der Waals surface area contributed by atoms with Gasteiger partial charge in [0.05, 0.1) is 19.9 Å². The number of aromatic nitrogens is 3. The first-order valence-corrected chi connectivity index (χ1v) is 5.94. The zero-order chi connectivity index (χ0) is 13.8. The van der Waals surface area contributed by atoms with E-state index in [-0.39, 0.29) is 17.2 Å². The number of anilines is 2. The van der Waals surface area contributed by atoms with Crippen LogP contribution < -0.4 is 14.8 Å². The van der Waals surface area contributed by atoms with Crippen molar-refractivity contribution in [2.75, 3.05) is 19.5 Å². The Morgan fingerprint density at radius 3 is 2.53 bits per heavy atom. The molecule has 0 spiro atoms. The van der Waals surface area contributed by atoms with E-state index in [1.165, 1.54) is 7.11 Å². The van der Waals surface area contributed by atoms with Gasteiger partial charge in [0, 0.05) is 5.02 Å². The van der Waals surface area contributed by atoms with Crippen LogP contribution in [0.15, 0.2) is 18.2 Å². The molecule has 1 aromatic carbocycles. The van der Waals surface area contributed by atoms with Crippen LogP contribution in [0.3, 0.4) is 0 Å². The standard InChI is InChI=1S/C11H10Cl2N4O2/c1-18-8-4-3-6(12)5-7(8)14-10-15-9(13)16-11(17-10)19-2/h3-5H,1-2H3,(H,14,15,16,17). The summed E-state index contributed by atoms with van der Waals surface area (Å²) in [6, 6.07) is 5.24. The maximum atomic E-state index is 5.93. The van der Waals surface area contributed by atoms with Gasteiger partial charge in [-0.05, 0) is 29.8 Å². The van der Waals surface area contributed by atoms with Crippen molar-refractivity contribution in [3.05, 3.63) is 28.5 Å². The maximum Gasteiger partial charge on any atom is 0.322 e. The molecule has 0 bridgehead atoms. The Balaban J connectivity index is 2.35. The van der Waals surface area contributed by atoms with Crippen LogP contribution >= 0.6 is 23.2 Å². The minimum Gasteiger partial charge on any atom is -0.495 e. The number of hydrogen-bond acceptors (Lipinski definition) is 6. The van der Waals surface area contributed by atoms with Crippen LogP contribution in [0.5, 0.6) is 11.8 Å². The third kappa shape index (κ3) is 3.36. The van der Waals surface area contributed by atoms with Crippen LogP contribution in [0.4, 0.5) is 11.6 Å². The van der Waals surface area contributed by atoms with E-state index < -0.39 is 0 Å². The normalized spacial score (nSPS) is 10.1. The number of nitrogens with zero attached hydrogens (tertiary/aromatic N) is 3. The number of ether oxygens (including phenoxy) is 2. The molecule has 1 N–H and O–H groups in total. The van der Waals surface area contributed by atoms with Crippen molar-refractivity contribution in [2.24, 2.45) is 0 Å². The summed E-state index contributed by atoms with van der Waals surface area (Å²) >= 11 is 11.7. The third-order valence-corrected chi connectivity index (χ3v) is 2.58. The van der Waals surface area contributed by atoms with E-state index in [2.05, 4.69) is 20.3 Å². The minimum absolute atomic E-state index is 0.0235. The van der Waals surface area contributed by atoms with E-state index >= 15 is 0 Å². The van der Waals surface area contributed by atoms with Gasteiger partial charge in [-0.15, -0.1) is 0 Å². The van der Waals surface area contributed by atoms with Crippen molar-refractivity contribution in [1.29, 1.82) is 0 Å². The Kier molecular flexibility index (Phi) is 4.24. The van der Waals surface area contributed by atoms with Crippen LogP contribution in [-0.4, -0.2) is 29.2 Å².